The Hall–Kier alpha value is -2.92. The number of aryl methyl sites for hydroxylation is 4. The molecule has 0 spiro atoms. The minimum absolute atomic E-state index is 0.247. The predicted octanol–water partition coefficient (Wildman–Crippen LogP) is 5.32. The third kappa shape index (κ3) is 5.28. The predicted molar refractivity (Wildman–Crippen MR) is 129 cm³/mol. The van der Waals surface area contributed by atoms with Gasteiger partial charge in [0.05, 0.1) is 5.57 Å². The van der Waals surface area contributed by atoms with Crippen LogP contribution >= 0.6 is 0 Å². The van der Waals surface area contributed by atoms with E-state index in [0.717, 1.165) is 46.3 Å². The number of rotatable bonds is 10. The summed E-state index contributed by atoms with van der Waals surface area (Å²) >= 11 is 0. The van der Waals surface area contributed by atoms with Gasteiger partial charge >= 0.3 is 0 Å². The summed E-state index contributed by atoms with van der Waals surface area (Å²) in [6.45, 7) is 11.7. The van der Waals surface area contributed by atoms with Gasteiger partial charge in [-0.25, -0.2) is 0 Å². The van der Waals surface area contributed by atoms with E-state index in [9.17, 15) is 9.59 Å². The van der Waals surface area contributed by atoms with E-state index in [1.54, 1.807) is 0 Å². The van der Waals surface area contributed by atoms with Crippen LogP contribution in [0.25, 0.3) is 5.57 Å². The summed E-state index contributed by atoms with van der Waals surface area (Å²) in [5.41, 5.74) is 6.63. The van der Waals surface area contributed by atoms with Crippen LogP contribution in [-0.4, -0.2) is 36.5 Å². The summed E-state index contributed by atoms with van der Waals surface area (Å²) in [5.74, 6) is -0.525. The van der Waals surface area contributed by atoms with Gasteiger partial charge in [0.25, 0.3) is 11.8 Å². The van der Waals surface area contributed by atoms with Gasteiger partial charge in [0, 0.05) is 25.4 Å². The van der Waals surface area contributed by atoms with Crippen LogP contribution in [0.15, 0.2) is 42.1 Å². The molecule has 5 nitrogen and oxygen atoms in total. The molecule has 0 bridgehead atoms. The summed E-state index contributed by atoms with van der Waals surface area (Å²) in [4.78, 5) is 28.2. The van der Waals surface area contributed by atoms with Crippen molar-refractivity contribution in [2.75, 3.05) is 25.1 Å². The molecular formula is C27H34N2O3. The largest absolute Gasteiger partial charge is 0.381 e. The lowest BCUT2D eigenvalue weighted by atomic mass is 9.97. The molecule has 3 rings (SSSR count). The molecule has 0 saturated carbocycles. The number of hydrogen-bond acceptors (Lipinski definition) is 4. The van der Waals surface area contributed by atoms with Crippen molar-refractivity contribution in [1.82, 2.24) is 4.90 Å². The fourth-order valence-corrected chi connectivity index (χ4v) is 3.92. The molecule has 1 heterocycles. The standard InChI is InChI=1S/C27H34N2O3/c1-6-7-14-32-15-8-13-29-26(30)24(22-12-10-18(2)16-21(22)5)25(27(29)31)28-23-17-19(3)9-11-20(23)4/h9-12,16-17,28H,6-8,13-15H2,1-5H3. The van der Waals surface area contributed by atoms with Crippen molar-refractivity contribution in [2.45, 2.75) is 53.9 Å². The molecule has 0 aliphatic carbocycles. The van der Waals surface area contributed by atoms with Crippen molar-refractivity contribution < 1.29 is 14.3 Å². The third-order valence-electron chi connectivity index (χ3n) is 5.78. The van der Waals surface area contributed by atoms with E-state index < -0.39 is 0 Å². The van der Waals surface area contributed by atoms with Gasteiger partial charge in [-0.3, -0.25) is 14.5 Å². The van der Waals surface area contributed by atoms with Gasteiger partial charge in [-0.15, -0.1) is 0 Å². The summed E-state index contributed by atoms with van der Waals surface area (Å²) in [5, 5.41) is 3.31. The minimum atomic E-state index is -0.278. The van der Waals surface area contributed by atoms with Crippen molar-refractivity contribution in [3.8, 4) is 0 Å². The lowest BCUT2D eigenvalue weighted by Gasteiger charge is -2.16. The summed E-state index contributed by atoms with van der Waals surface area (Å²) < 4.78 is 5.62. The number of anilines is 1. The smallest absolute Gasteiger partial charge is 0.278 e. The molecular weight excluding hydrogens is 400 g/mol. The molecule has 0 unspecified atom stereocenters. The number of hydrogen-bond donors (Lipinski definition) is 1. The minimum Gasteiger partial charge on any atom is -0.381 e. The van der Waals surface area contributed by atoms with E-state index in [0.29, 0.717) is 37.4 Å². The Labute approximate surface area is 191 Å². The van der Waals surface area contributed by atoms with Gasteiger partial charge in [-0.05, 0) is 68.9 Å². The number of nitrogens with zero attached hydrogens (tertiary/aromatic N) is 1. The molecule has 170 valence electrons. The number of ether oxygens (including phenoxy) is 1. The molecule has 5 heteroatoms. The summed E-state index contributed by atoms with van der Waals surface area (Å²) in [6, 6.07) is 12.0. The highest BCUT2D eigenvalue weighted by atomic mass is 16.5. The SMILES string of the molecule is CCCCOCCCN1C(=O)C(Nc2cc(C)ccc2C)=C(c2ccc(C)cc2C)C1=O. The molecule has 2 amide bonds. The zero-order valence-electron chi connectivity index (χ0n) is 19.9. The van der Waals surface area contributed by atoms with Gasteiger partial charge in [0.15, 0.2) is 0 Å². The molecule has 0 saturated heterocycles. The Balaban J connectivity index is 1.91. The van der Waals surface area contributed by atoms with E-state index in [4.69, 9.17) is 4.74 Å². The first kappa shape index (κ1) is 23.7. The second-order valence-corrected chi connectivity index (χ2v) is 8.59. The highest BCUT2D eigenvalue weighted by molar-refractivity contribution is 6.36. The van der Waals surface area contributed by atoms with E-state index in [1.165, 1.54) is 4.90 Å². The second-order valence-electron chi connectivity index (χ2n) is 8.59. The quantitative estimate of drug-likeness (QED) is 0.406. The Morgan fingerprint density at radius 2 is 1.53 bits per heavy atom. The number of unbranched alkanes of at least 4 members (excludes halogenated alkanes) is 1. The molecule has 1 aliphatic heterocycles. The first-order chi connectivity index (χ1) is 15.3. The molecule has 2 aromatic carbocycles. The van der Waals surface area contributed by atoms with E-state index in [2.05, 4.69) is 12.2 Å². The number of amides is 2. The van der Waals surface area contributed by atoms with Crippen molar-refractivity contribution in [3.63, 3.8) is 0 Å². The Bertz CT molecular complexity index is 1040. The topological polar surface area (TPSA) is 58.6 Å². The van der Waals surface area contributed by atoms with Crippen LogP contribution in [-0.2, 0) is 14.3 Å². The van der Waals surface area contributed by atoms with Crippen LogP contribution in [0.5, 0.6) is 0 Å². The fourth-order valence-electron chi connectivity index (χ4n) is 3.92. The van der Waals surface area contributed by atoms with Crippen LogP contribution in [0.1, 0.15) is 54.0 Å². The third-order valence-corrected chi connectivity index (χ3v) is 5.78. The summed E-state index contributed by atoms with van der Waals surface area (Å²) in [7, 11) is 0. The van der Waals surface area contributed by atoms with Gasteiger partial charge < -0.3 is 10.1 Å². The fraction of sp³-hybridized carbons (Fsp3) is 0.407. The highest BCUT2D eigenvalue weighted by Crippen LogP contribution is 2.33. The van der Waals surface area contributed by atoms with E-state index >= 15 is 0 Å². The maximum Gasteiger partial charge on any atom is 0.278 e. The first-order valence-electron chi connectivity index (χ1n) is 11.4. The maximum absolute atomic E-state index is 13.4. The zero-order chi connectivity index (χ0) is 23.3. The number of carbonyl (C=O) groups excluding carboxylic acids is 2. The van der Waals surface area contributed by atoms with Gasteiger partial charge in [-0.1, -0.05) is 49.2 Å². The Kier molecular flexibility index (Phi) is 7.86. The van der Waals surface area contributed by atoms with Gasteiger partial charge in [0.2, 0.25) is 0 Å². The average Bonchev–Trinajstić information content (AvgIpc) is 2.97. The lowest BCUT2D eigenvalue weighted by molar-refractivity contribution is -0.137. The molecule has 1 N–H and O–H groups in total. The Morgan fingerprint density at radius 3 is 2.25 bits per heavy atom. The van der Waals surface area contributed by atoms with E-state index in [1.807, 2.05) is 64.1 Å². The molecule has 0 atom stereocenters. The number of imide groups is 1. The van der Waals surface area contributed by atoms with Crippen LogP contribution in [0, 0.1) is 27.7 Å². The molecule has 2 aromatic rings. The molecule has 0 aromatic heterocycles. The average molecular weight is 435 g/mol. The van der Waals surface area contributed by atoms with Gasteiger partial charge in [-0.2, -0.15) is 0 Å². The van der Waals surface area contributed by atoms with E-state index in [-0.39, 0.29) is 11.8 Å². The first-order valence-corrected chi connectivity index (χ1v) is 11.4. The molecule has 1 aliphatic rings. The molecule has 32 heavy (non-hydrogen) atoms. The zero-order valence-corrected chi connectivity index (χ0v) is 19.9. The molecule has 0 fully saturated rings. The number of carbonyl (C=O) groups is 2. The second kappa shape index (κ2) is 10.6. The van der Waals surface area contributed by atoms with Crippen LogP contribution in [0.4, 0.5) is 5.69 Å². The van der Waals surface area contributed by atoms with Crippen molar-refractivity contribution in [2.24, 2.45) is 0 Å². The monoisotopic (exact) mass is 434 g/mol. The number of benzene rings is 2. The van der Waals surface area contributed by atoms with Crippen LogP contribution < -0.4 is 5.32 Å². The van der Waals surface area contributed by atoms with Gasteiger partial charge in [0.1, 0.15) is 5.70 Å². The Morgan fingerprint density at radius 1 is 0.844 bits per heavy atom. The highest BCUT2D eigenvalue weighted by Gasteiger charge is 2.39. The van der Waals surface area contributed by atoms with Crippen LogP contribution in [0.2, 0.25) is 0 Å². The van der Waals surface area contributed by atoms with Crippen molar-refractivity contribution in [3.05, 3.63) is 69.9 Å². The van der Waals surface area contributed by atoms with Crippen molar-refractivity contribution in [1.29, 1.82) is 0 Å². The molecule has 0 radical (unpaired) electrons. The maximum atomic E-state index is 13.4. The summed E-state index contributed by atoms with van der Waals surface area (Å²) in [6.07, 6.45) is 2.72. The van der Waals surface area contributed by atoms with Crippen molar-refractivity contribution >= 4 is 23.1 Å². The lowest BCUT2D eigenvalue weighted by Crippen LogP contribution is -2.34. The number of nitrogens with one attached hydrogen (secondary N) is 1. The van der Waals surface area contributed by atoms with Crippen LogP contribution in [0.3, 0.4) is 0 Å². The normalized spacial score (nSPS) is 14.0.